The van der Waals surface area contributed by atoms with Crippen molar-refractivity contribution in [3.8, 4) is 0 Å². The highest BCUT2D eigenvalue weighted by Crippen LogP contribution is 2.39. The fraction of sp³-hybridized carbons (Fsp3) is 0.182. The highest BCUT2D eigenvalue weighted by Gasteiger charge is 2.21. The molecule has 3 nitrogen and oxygen atoms in total. The van der Waals surface area contributed by atoms with Gasteiger partial charge in [0.05, 0.1) is 0 Å². The number of rotatable bonds is 6. The molecule has 0 heterocycles. The van der Waals surface area contributed by atoms with Crippen LogP contribution in [-0.4, -0.2) is 18.2 Å². The van der Waals surface area contributed by atoms with Gasteiger partial charge >= 0.3 is 0 Å². The maximum atomic E-state index is 11.1. The molecule has 0 spiro atoms. The van der Waals surface area contributed by atoms with E-state index in [1.54, 1.807) is 6.07 Å². The van der Waals surface area contributed by atoms with Crippen LogP contribution in [0.25, 0.3) is 5.57 Å². The molecule has 2 aromatic rings. The van der Waals surface area contributed by atoms with Gasteiger partial charge in [0.25, 0.3) is 0 Å². The zero-order valence-corrected chi connectivity index (χ0v) is 16.3. The van der Waals surface area contributed by atoms with E-state index < -0.39 is 6.10 Å². The van der Waals surface area contributed by atoms with E-state index >= 15 is 0 Å². The van der Waals surface area contributed by atoms with Crippen molar-refractivity contribution in [3.63, 3.8) is 0 Å². The fourth-order valence-electron chi connectivity index (χ4n) is 3.07. The van der Waals surface area contributed by atoms with E-state index in [1.807, 2.05) is 54.6 Å². The highest BCUT2D eigenvalue weighted by molar-refractivity contribution is 6.35. The summed E-state index contributed by atoms with van der Waals surface area (Å²) in [7, 11) is 0. The molecule has 0 saturated carbocycles. The molecule has 0 radical (unpaired) electrons. The second-order valence-corrected chi connectivity index (χ2v) is 7.13. The van der Waals surface area contributed by atoms with Gasteiger partial charge in [-0.05, 0) is 34.9 Å². The molecule has 140 valence electrons. The average molecular weight is 401 g/mol. The molecule has 1 atom stereocenters. The normalized spacial score (nSPS) is 15.3. The lowest BCUT2D eigenvalue weighted by atomic mass is 9.90. The lowest BCUT2D eigenvalue weighted by Gasteiger charge is -2.19. The molecule has 4 N–H and O–H groups in total. The molecular formula is C22H22Cl2N2O. The molecule has 0 aliphatic heterocycles. The summed E-state index contributed by atoms with van der Waals surface area (Å²) in [5.74, 6) is 0. The summed E-state index contributed by atoms with van der Waals surface area (Å²) in [4.78, 5) is 0. The van der Waals surface area contributed by atoms with E-state index in [4.69, 9.17) is 28.9 Å². The van der Waals surface area contributed by atoms with Gasteiger partial charge in [-0.1, -0.05) is 71.8 Å². The summed E-state index contributed by atoms with van der Waals surface area (Å²) in [6.45, 7) is 1.25. The summed E-state index contributed by atoms with van der Waals surface area (Å²) in [5, 5.41) is 15.5. The van der Waals surface area contributed by atoms with Crippen LogP contribution in [0, 0.1) is 0 Å². The van der Waals surface area contributed by atoms with Crippen LogP contribution in [0.4, 0.5) is 0 Å². The van der Waals surface area contributed by atoms with Gasteiger partial charge in [0.15, 0.2) is 0 Å². The molecule has 0 saturated heterocycles. The number of allylic oxidation sites excluding steroid dienone is 3. The third kappa shape index (κ3) is 4.82. The van der Waals surface area contributed by atoms with Gasteiger partial charge < -0.3 is 16.2 Å². The van der Waals surface area contributed by atoms with Crippen molar-refractivity contribution in [2.24, 2.45) is 5.73 Å². The van der Waals surface area contributed by atoms with Gasteiger partial charge in [0.2, 0.25) is 0 Å². The minimum absolute atomic E-state index is 0.554. The standard InChI is InChI=1S/C22H22Cl2N2O/c23-16-6-9-19(21(24)14-16)18-10-7-17(26-13-12-25)8-11-20(18)22(27)15-4-2-1-3-5-15/h1-6,8-11,14,22,26-27H,7,12-13,25H2. The van der Waals surface area contributed by atoms with Gasteiger partial charge in [0.1, 0.15) is 6.10 Å². The van der Waals surface area contributed by atoms with Crippen LogP contribution < -0.4 is 11.1 Å². The van der Waals surface area contributed by atoms with Crippen LogP contribution in [0.2, 0.25) is 10.0 Å². The number of halogens is 2. The summed E-state index contributed by atoms with van der Waals surface area (Å²) >= 11 is 12.5. The van der Waals surface area contributed by atoms with Gasteiger partial charge in [-0.15, -0.1) is 0 Å². The van der Waals surface area contributed by atoms with Crippen LogP contribution in [-0.2, 0) is 0 Å². The maximum Gasteiger partial charge on any atom is 0.105 e. The smallest absolute Gasteiger partial charge is 0.105 e. The molecule has 0 amide bonds. The van der Waals surface area contributed by atoms with Gasteiger partial charge in [0, 0.05) is 40.8 Å². The number of nitrogens with two attached hydrogens (primary N) is 1. The van der Waals surface area contributed by atoms with Crippen molar-refractivity contribution in [1.29, 1.82) is 0 Å². The number of aliphatic hydroxyl groups is 1. The number of aliphatic hydroxyl groups excluding tert-OH is 1. The fourth-order valence-corrected chi connectivity index (χ4v) is 3.58. The van der Waals surface area contributed by atoms with Crippen LogP contribution in [0.5, 0.6) is 0 Å². The highest BCUT2D eigenvalue weighted by atomic mass is 35.5. The first-order valence-corrected chi connectivity index (χ1v) is 9.59. The lowest BCUT2D eigenvalue weighted by Crippen LogP contribution is -2.21. The Morgan fingerprint density at radius 2 is 1.85 bits per heavy atom. The summed E-state index contributed by atoms with van der Waals surface area (Å²) in [5.41, 5.74) is 9.99. The molecule has 0 aromatic heterocycles. The zero-order valence-electron chi connectivity index (χ0n) is 14.8. The topological polar surface area (TPSA) is 58.3 Å². The predicted octanol–water partition coefficient (Wildman–Crippen LogP) is 4.87. The van der Waals surface area contributed by atoms with E-state index in [2.05, 4.69) is 11.4 Å². The molecule has 1 aliphatic carbocycles. The third-order valence-electron chi connectivity index (χ3n) is 4.43. The second-order valence-electron chi connectivity index (χ2n) is 6.29. The Morgan fingerprint density at radius 3 is 2.56 bits per heavy atom. The van der Waals surface area contributed by atoms with E-state index in [9.17, 15) is 5.11 Å². The van der Waals surface area contributed by atoms with Gasteiger partial charge in [-0.3, -0.25) is 0 Å². The predicted molar refractivity (Wildman–Crippen MR) is 114 cm³/mol. The molecule has 0 bridgehead atoms. The van der Waals surface area contributed by atoms with Crippen LogP contribution in [0.15, 0.2) is 78.0 Å². The van der Waals surface area contributed by atoms with Gasteiger partial charge in [-0.2, -0.15) is 0 Å². The number of hydrogen-bond acceptors (Lipinski definition) is 3. The van der Waals surface area contributed by atoms with Crippen molar-refractivity contribution in [3.05, 3.63) is 99.2 Å². The summed E-state index contributed by atoms with van der Waals surface area (Å²) < 4.78 is 0. The minimum Gasteiger partial charge on any atom is -0.387 e. The average Bonchev–Trinajstić information content (AvgIpc) is 2.89. The number of hydrogen-bond donors (Lipinski definition) is 3. The minimum atomic E-state index is -0.769. The molecule has 3 rings (SSSR count). The maximum absolute atomic E-state index is 11.1. The van der Waals surface area contributed by atoms with Crippen molar-refractivity contribution in [2.45, 2.75) is 12.5 Å². The molecule has 2 aromatic carbocycles. The van der Waals surface area contributed by atoms with E-state index in [0.29, 0.717) is 29.6 Å². The zero-order chi connectivity index (χ0) is 19.2. The molecule has 1 unspecified atom stereocenters. The quantitative estimate of drug-likeness (QED) is 0.647. The SMILES string of the molecule is NCCNC1=CC=C(C(O)c2ccccc2)C(c2ccc(Cl)cc2Cl)=CC1. The monoisotopic (exact) mass is 400 g/mol. The Hall–Kier alpha value is -2.04. The van der Waals surface area contributed by atoms with E-state index in [1.165, 1.54) is 0 Å². The first-order chi connectivity index (χ1) is 13.1. The Labute approximate surface area is 169 Å². The van der Waals surface area contributed by atoms with Crippen molar-refractivity contribution in [1.82, 2.24) is 5.32 Å². The first-order valence-electron chi connectivity index (χ1n) is 8.84. The van der Waals surface area contributed by atoms with E-state index in [0.717, 1.165) is 28.0 Å². The molecule has 27 heavy (non-hydrogen) atoms. The summed E-state index contributed by atoms with van der Waals surface area (Å²) in [6.07, 6.45) is 5.94. The Balaban J connectivity index is 2.04. The molecular weight excluding hydrogens is 379 g/mol. The number of benzene rings is 2. The largest absolute Gasteiger partial charge is 0.387 e. The third-order valence-corrected chi connectivity index (χ3v) is 4.98. The van der Waals surface area contributed by atoms with Crippen LogP contribution in [0.3, 0.4) is 0 Å². The molecule has 5 heteroatoms. The first kappa shape index (κ1) is 19.7. The Kier molecular flexibility index (Phi) is 6.75. The van der Waals surface area contributed by atoms with Crippen molar-refractivity contribution in [2.75, 3.05) is 13.1 Å². The van der Waals surface area contributed by atoms with Gasteiger partial charge in [-0.25, -0.2) is 0 Å². The Bertz CT molecular complexity index is 888. The number of nitrogens with one attached hydrogen (secondary N) is 1. The van der Waals surface area contributed by atoms with Crippen LogP contribution in [0.1, 0.15) is 23.7 Å². The van der Waals surface area contributed by atoms with Crippen LogP contribution >= 0.6 is 23.2 Å². The lowest BCUT2D eigenvalue weighted by molar-refractivity contribution is 0.221. The van der Waals surface area contributed by atoms with Crippen molar-refractivity contribution >= 4 is 28.8 Å². The summed E-state index contributed by atoms with van der Waals surface area (Å²) in [6, 6.07) is 15.0. The molecule has 0 fully saturated rings. The van der Waals surface area contributed by atoms with E-state index in [-0.39, 0.29) is 0 Å². The molecule has 1 aliphatic rings. The second kappa shape index (κ2) is 9.25. The Morgan fingerprint density at radius 1 is 1.07 bits per heavy atom. The van der Waals surface area contributed by atoms with Crippen molar-refractivity contribution < 1.29 is 5.11 Å².